The molecule has 0 bridgehead atoms. The zero-order valence-electron chi connectivity index (χ0n) is 15.4. The van der Waals surface area contributed by atoms with Crippen LogP contribution in [0.5, 0.6) is 5.88 Å². The van der Waals surface area contributed by atoms with Gasteiger partial charge in [0.05, 0.1) is 23.7 Å². The number of carbonyl (C=O) groups excluding carboxylic acids is 1. The lowest BCUT2D eigenvalue weighted by Crippen LogP contribution is -2.26. The normalized spacial score (nSPS) is 20.8. The fraction of sp³-hybridized carbons (Fsp3) is 0.474. The summed E-state index contributed by atoms with van der Waals surface area (Å²) in [5.41, 5.74) is 3.53. The molecule has 0 radical (unpaired) electrons. The van der Waals surface area contributed by atoms with Crippen LogP contribution >= 0.6 is 0 Å². The van der Waals surface area contributed by atoms with Crippen LogP contribution in [-0.4, -0.2) is 42.9 Å². The van der Waals surface area contributed by atoms with E-state index in [1.165, 1.54) is 0 Å². The number of hydrogen-bond donors (Lipinski definition) is 1. The van der Waals surface area contributed by atoms with Crippen LogP contribution in [0.4, 0.5) is 0 Å². The minimum Gasteiger partial charge on any atom is -0.473 e. The van der Waals surface area contributed by atoms with Gasteiger partial charge in [0.2, 0.25) is 11.8 Å². The van der Waals surface area contributed by atoms with Gasteiger partial charge in [-0.1, -0.05) is 0 Å². The molecule has 2 fully saturated rings. The Bertz CT molecular complexity index is 1020. The smallest absolute Gasteiger partial charge is 0.241 e. The van der Waals surface area contributed by atoms with Crippen molar-refractivity contribution in [2.24, 2.45) is 13.0 Å². The second kappa shape index (κ2) is 6.07. The van der Waals surface area contributed by atoms with Crippen molar-refractivity contribution in [2.75, 3.05) is 6.54 Å². The van der Waals surface area contributed by atoms with Crippen LogP contribution in [0.1, 0.15) is 32.2 Å². The maximum Gasteiger partial charge on any atom is 0.241 e. The molecule has 4 heterocycles. The number of ether oxygens (including phenoxy) is 1. The molecular weight excluding hydrogens is 344 g/mol. The summed E-state index contributed by atoms with van der Waals surface area (Å²) in [5.74, 6) is 0.817. The highest BCUT2D eigenvalue weighted by Gasteiger charge is 2.31. The van der Waals surface area contributed by atoms with E-state index < -0.39 is 0 Å². The summed E-state index contributed by atoms with van der Waals surface area (Å²) in [6.07, 6.45) is 8.30. The number of fused-ring (bicyclic) bond motifs is 1. The molecule has 1 aliphatic carbocycles. The minimum atomic E-state index is -0.119. The Morgan fingerprint density at radius 1 is 1.37 bits per heavy atom. The van der Waals surface area contributed by atoms with Crippen LogP contribution in [0.2, 0.25) is 0 Å². The lowest BCUT2D eigenvalue weighted by atomic mass is 10.0. The van der Waals surface area contributed by atoms with Gasteiger partial charge in [-0.25, -0.2) is 9.97 Å². The van der Waals surface area contributed by atoms with Crippen molar-refractivity contribution in [1.82, 2.24) is 29.6 Å². The predicted octanol–water partition coefficient (Wildman–Crippen LogP) is 2.07. The fourth-order valence-corrected chi connectivity index (χ4v) is 3.67. The van der Waals surface area contributed by atoms with Gasteiger partial charge >= 0.3 is 0 Å². The summed E-state index contributed by atoms with van der Waals surface area (Å²) < 4.78 is 10.2. The molecule has 5 rings (SSSR count). The maximum absolute atomic E-state index is 11.6. The Kier molecular flexibility index (Phi) is 3.66. The molecule has 3 aromatic heterocycles. The maximum atomic E-state index is 11.6. The van der Waals surface area contributed by atoms with E-state index in [0.29, 0.717) is 24.9 Å². The van der Waals surface area contributed by atoms with E-state index in [1.54, 1.807) is 10.9 Å². The van der Waals surface area contributed by atoms with Gasteiger partial charge in [0.15, 0.2) is 0 Å². The van der Waals surface area contributed by atoms with Gasteiger partial charge in [-0.05, 0) is 25.8 Å². The fourth-order valence-electron chi connectivity index (χ4n) is 3.67. The lowest BCUT2D eigenvalue weighted by molar-refractivity contribution is -0.119. The molecule has 1 amide bonds. The van der Waals surface area contributed by atoms with Crippen molar-refractivity contribution in [3.8, 4) is 17.1 Å². The molecule has 0 unspecified atom stereocenters. The quantitative estimate of drug-likeness (QED) is 0.747. The summed E-state index contributed by atoms with van der Waals surface area (Å²) in [5, 5.41) is 7.12. The third-order valence-electron chi connectivity index (χ3n) is 5.43. The van der Waals surface area contributed by atoms with Gasteiger partial charge in [0.25, 0.3) is 0 Å². The number of pyridine rings is 1. The van der Waals surface area contributed by atoms with Crippen LogP contribution in [-0.2, 0) is 11.8 Å². The largest absolute Gasteiger partial charge is 0.473 e. The average Bonchev–Trinajstić information content (AvgIpc) is 3.04. The topological polar surface area (TPSA) is 86.9 Å². The molecule has 0 aromatic carbocycles. The first-order valence-electron chi connectivity index (χ1n) is 9.38. The van der Waals surface area contributed by atoms with Crippen LogP contribution in [0.3, 0.4) is 0 Å². The SMILES string of the molecule is C[C@@H](Oc1nc(-c2cnn(C)c2)cc2ncn(C3CC3)c12)[C@H]1CNC(=O)C1. The van der Waals surface area contributed by atoms with Crippen LogP contribution in [0, 0.1) is 5.92 Å². The zero-order valence-corrected chi connectivity index (χ0v) is 15.4. The Balaban J connectivity index is 1.56. The van der Waals surface area contributed by atoms with Crippen molar-refractivity contribution < 1.29 is 9.53 Å². The number of amides is 1. The molecule has 2 aliphatic rings. The van der Waals surface area contributed by atoms with E-state index >= 15 is 0 Å². The number of rotatable bonds is 5. The molecule has 1 N–H and O–H groups in total. The van der Waals surface area contributed by atoms with E-state index in [0.717, 1.165) is 35.1 Å². The van der Waals surface area contributed by atoms with Crippen molar-refractivity contribution in [3.05, 3.63) is 24.8 Å². The number of nitrogens with one attached hydrogen (secondary N) is 1. The zero-order chi connectivity index (χ0) is 18.5. The highest BCUT2D eigenvalue weighted by atomic mass is 16.5. The second-order valence-electron chi connectivity index (χ2n) is 7.56. The standard InChI is InChI=1S/C19H22N6O2/c1-11(12-5-17(26)20-7-12)27-19-18-16(21-10-25(18)14-3-4-14)6-15(23-19)13-8-22-24(2)9-13/h6,8-12,14H,3-5,7H2,1-2H3,(H,20,26)/t11-,12-/m1/s1. The van der Waals surface area contributed by atoms with Crippen LogP contribution in [0.25, 0.3) is 22.3 Å². The monoisotopic (exact) mass is 366 g/mol. The first-order valence-corrected chi connectivity index (χ1v) is 9.38. The first-order chi connectivity index (χ1) is 13.1. The Morgan fingerprint density at radius 2 is 2.22 bits per heavy atom. The molecule has 0 spiro atoms. The van der Waals surface area contributed by atoms with Crippen molar-refractivity contribution >= 4 is 16.9 Å². The van der Waals surface area contributed by atoms with Gasteiger partial charge in [0.1, 0.15) is 11.6 Å². The molecular formula is C19H22N6O2. The highest BCUT2D eigenvalue weighted by molar-refractivity contribution is 5.84. The first kappa shape index (κ1) is 16.3. The van der Waals surface area contributed by atoms with Crippen LogP contribution in [0.15, 0.2) is 24.8 Å². The van der Waals surface area contributed by atoms with Gasteiger partial charge in [0, 0.05) is 43.7 Å². The number of imidazole rings is 1. The number of aryl methyl sites for hydroxylation is 1. The third kappa shape index (κ3) is 2.94. The predicted molar refractivity (Wildman–Crippen MR) is 99.2 cm³/mol. The van der Waals surface area contributed by atoms with Gasteiger partial charge in [-0.15, -0.1) is 0 Å². The molecule has 2 atom stereocenters. The molecule has 8 nitrogen and oxygen atoms in total. The number of nitrogens with zero attached hydrogens (tertiary/aromatic N) is 5. The summed E-state index contributed by atoms with van der Waals surface area (Å²) in [4.78, 5) is 21.0. The summed E-state index contributed by atoms with van der Waals surface area (Å²) in [7, 11) is 1.88. The van der Waals surface area contributed by atoms with Gasteiger partial charge in [-0.3, -0.25) is 9.48 Å². The van der Waals surface area contributed by atoms with E-state index in [2.05, 4.69) is 20.0 Å². The average molecular weight is 366 g/mol. The number of hydrogen-bond acceptors (Lipinski definition) is 5. The van der Waals surface area contributed by atoms with E-state index in [9.17, 15) is 4.79 Å². The van der Waals surface area contributed by atoms with Gasteiger partial charge in [-0.2, -0.15) is 5.10 Å². The summed E-state index contributed by atoms with van der Waals surface area (Å²) in [6.45, 7) is 2.65. The highest BCUT2D eigenvalue weighted by Crippen LogP contribution is 2.40. The van der Waals surface area contributed by atoms with E-state index in [-0.39, 0.29) is 17.9 Å². The van der Waals surface area contributed by atoms with Crippen molar-refractivity contribution in [3.63, 3.8) is 0 Å². The summed E-state index contributed by atoms with van der Waals surface area (Å²) >= 11 is 0. The number of aromatic nitrogens is 5. The molecule has 1 aliphatic heterocycles. The summed E-state index contributed by atoms with van der Waals surface area (Å²) in [6, 6.07) is 2.47. The lowest BCUT2D eigenvalue weighted by Gasteiger charge is -2.20. The Morgan fingerprint density at radius 3 is 2.89 bits per heavy atom. The van der Waals surface area contributed by atoms with Crippen molar-refractivity contribution in [1.29, 1.82) is 0 Å². The number of carbonyl (C=O) groups is 1. The van der Waals surface area contributed by atoms with Crippen molar-refractivity contribution in [2.45, 2.75) is 38.3 Å². The molecule has 27 heavy (non-hydrogen) atoms. The van der Waals surface area contributed by atoms with Crippen LogP contribution < -0.4 is 10.1 Å². The third-order valence-corrected chi connectivity index (χ3v) is 5.43. The van der Waals surface area contributed by atoms with Gasteiger partial charge < -0.3 is 14.6 Å². The molecule has 1 saturated heterocycles. The molecule has 140 valence electrons. The molecule has 8 heteroatoms. The Hall–Kier alpha value is -2.90. The molecule has 3 aromatic rings. The van der Waals surface area contributed by atoms with E-state index in [4.69, 9.17) is 9.72 Å². The second-order valence-corrected chi connectivity index (χ2v) is 7.56. The molecule has 1 saturated carbocycles. The van der Waals surface area contributed by atoms with E-state index in [1.807, 2.05) is 32.6 Å². The minimum absolute atomic E-state index is 0.0840. The Labute approximate surface area is 156 Å².